The monoisotopic (exact) mass is 172 g/mol. The van der Waals surface area contributed by atoms with E-state index >= 15 is 0 Å². The maximum atomic E-state index is 5.79. The number of rotatable bonds is 1. The van der Waals surface area contributed by atoms with E-state index in [1.54, 1.807) is 6.07 Å². The zero-order valence-electron chi connectivity index (χ0n) is 5.32. The molecule has 2 heteroatoms. The van der Waals surface area contributed by atoms with Crippen LogP contribution in [0.5, 0.6) is 0 Å². The summed E-state index contributed by atoms with van der Waals surface area (Å²) < 4.78 is 0. The van der Waals surface area contributed by atoms with Gasteiger partial charge in [0.25, 0.3) is 0 Å². The first-order valence-electron chi connectivity index (χ1n) is 2.89. The molecule has 0 aliphatic rings. The van der Waals surface area contributed by atoms with Gasteiger partial charge in [-0.2, -0.15) is 0 Å². The summed E-state index contributed by atoms with van der Waals surface area (Å²) in [6.45, 7) is 3.70. The Morgan fingerprint density at radius 1 is 1.50 bits per heavy atom. The largest absolute Gasteiger partial charge is 0.0824 e. The van der Waals surface area contributed by atoms with Crippen LogP contribution in [0.25, 0.3) is 0 Å². The van der Waals surface area contributed by atoms with Crippen molar-refractivity contribution in [2.45, 2.75) is 6.42 Å². The first kappa shape index (κ1) is 7.90. The molecule has 10 heavy (non-hydrogen) atoms. The van der Waals surface area contributed by atoms with Crippen LogP contribution >= 0.6 is 23.2 Å². The maximum absolute atomic E-state index is 5.79. The summed E-state index contributed by atoms with van der Waals surface area (Å²) in [6.07, 6.45) is 0.660. The van der Waals surface area contributed by atoms with Crippen molar-refractivity contribution in [2.24, 2.45) is 0 Å². The molecule has 1 aromatic carbocycles. The Bertz CT molecular complexity index is 231. The summed E-state index contributed by atoms with van der Waals surface area (Å²) >= 11 is 11.5. The van der Waals surface area contributed by atoms with Gasteiger partial charge in [-0.3, -0.25) is 0 Å². The fourth-order valence-electron chi connectivity index (χ4n) is 0.686. The second-order valence-corrected chi connectivity index (χ2v) is 2.64. The van der Waals surface area contributed by atoms with Gasteiger partial charge in [0.15, 0.2) is 0 Å². The van der Waals surface area contributed by atoms with Crippen molar-refractivity contribution in [2.75, 3.05) is 0 Å². The Labute approximate surface area is 70.8 Å². The smallest absolute Gasteiger partial charge is 0.0674 e. The van der Waals surface area contributed by atoms with Crippen LogP contribution in [-0.2, 0) is 6.42 Å². The summed E-state index contributed by atoms with van der Waals surface area (Å²) in [5, 5.41) is 1.04. The molecule has 1 aromatic rings. The molecule has 0 amide bonds. The summed E-state index contributed by atoms with van der Waals surface area (Å²) in [7, 11) is 0. The summed E-state index contributed by atoms with van der Waals surface area (Å²) in [5.41, 5.74) is 0.963. The molecular formula is C8H6Cl2. The molecule has 0 unspecified atom stereocenters. The SMILES string of the molecule is [CH2]Cc1cc[c]c(Cl)c1Cl. The Hall–Kier alpha value is -0.200. The third-order valence-electron chi connectivity index (χ3n) is 1.24. The Morgan fingerprint density at radius 2 is 2.20 bits per heavy atom. The molecule has 0 N–H and O–H groups in total. The molecule has 0 aliphatic heterocycles. The standard InChI is InChI=1S/C8H6Cl2/c1-2-6-4-3-5-7(9)8(6)10/h3-4H,1-2H2. The quantitative estimate of drug-likeness (QED) is 0.611. The lowest BCUT2D eigenvalue weighted by atomic mass is 10.2. The highest BCUT2D eigenvalue weighted by molar-refractivity contribution is 6.42. The van der Waals surface area contributed by atoms with Crippen LogP contribution < -0.4 is 0 Å². The van der Waals surface area contributed by atoms with E-state index in [-0.39, 0.29) is 0 Å². The van der Waals surface area contributed by atoms with Crippen LogP contribution in [0.4, 0.5) is 0 Å². The molecule has 0 heterocycles. The van der Waals surface area contributed by atoms with E-state index in [1.165, 1.54) is 0 Å². The predicted octanol–water partition coefficient (Wildman–Crippen LogP) is 3.17. The highest BCUT2D eigenvalue weighted by Crippen LogP contribution is 2.24. The molecule has 0 bridgehead atoms. The van der Waals surface area contributed by atoms with Crippen LogP contribution in [0, 0.1) is 13.0 Å². The average Bonchev–Trinajstić information content (AvgIpc) is 1.95. The van der Waals surface area contributed by atoms with Crippen LogP contribution in [-0.4, -0.2) is 0 Å². The number of halogens is 2. The first-order valence-corrected chi connectivity index (χ1v) is 3.65. The Kier molecular flexibility index (Phi) is 2.58. The van der Waals surface area contributed by atoms with Gasteiger partial charge in [0.1, 0.15) is 0 Å². The second kappa shape index (κ2) is 3.27. The molecule has 0 nitrogen and oxygen atoms in total. The van der Waals surface area contributed by atoms with Gasteiger partial charge in [-0.15, -0.1) is 0 Å². The van der Waals surface area contributed by atoms with Gasteiger partial charge in [-0.1, -0.05) is 35.3 Å². The maximum Gasteiger partial charge on any atom is 0.0674 e. The summed E-state index contributed by atoms with van der Waals surface area (Å²) in [4.78, 5) is 0. The fraction of sp³-hybridized carbons (Fsp3) is 0.125. The van der Waals surface area contributed by atoms with Gasteiger partial charge in [0.2, 0.25) is 0 Å². The molecule has 0 aliphatic carbocycles. The lowest BCUT2D eigenvalue weighted by molar-refractivity contribution is 1.27. The van der Waals surface area contributed by atoms with Gasteiger partial charge in [0, 0.05) is 6.07 Å². The van der Waals surface area contributed by atoms with Crippen molar-refractivity contribution in [3.05, 3.63) is 40.7 Å². The van der Waals surface area contributed by atoms with E-state index in [9.17, 15) is 0 Å². The Morgan fingerprint density at radius 3 is 2.70 bits per heavy atom. The van der Waals surface area contributed by atoms with E-state index in [0.717, 1.165) is 5.56 Å². The molecule has 52 valence electrons. The van der Waals surface area contributed by atoms with Crippen molar-refractivity contribution in [3.63, 3.8) is 0 Å². The molecule has 2 radical (unpaired) electrons. The Balaban J connectivity index is 3.14. The first-order chi connectivity index (χ1) is 4.75. The zero-order chi connectivity index (χ0) is 7.56. The molecule has 0 saturated heterocycles. The third kappa shape index (κ3) is 1.44. The van der Waals surface area contributed by atoms with E-state index in [1.807, 2.05) is 6.07 Å². The lowest BCUT2D eigenvalue weighted by Crippen LogP contribution is -1.81. The van der Waals surface area contributed by atoms with E-state index in [4.69, 9.17) is 23.2 Å². The summed E-state index contributed by atoms with van der Waals surface area (Å²) in [5.74, 6) is 0. The van der Waals surface area contributed by atoms with Crippen LogP contribution in [0.3, 0.4) is 0 Å². The van der Waals surface area contributed by atoms with Gasteiger partial charge < -0.3 is 0 Å². The fourth-order valence-corrected chi connectivity index (χ4v) is 1.08. The highest BCUT2D eigenvalue weighted by atomic mass is 35.5. The number of benzene rings is 1. The number of hydrogen-bond acceptors (Lipinski definition) is 0. The van der Waals surface area contributed by atoms with Crippen molar-refractivity contribution < 1.29 is 0 Å². The molecule has 0 spiro atoms. The van der Waals surface area contributed by atoms with Gasteiger partial charge >= 0.3 is 0 Å². The molecule has 0 atom stereocenters. The minimum atomic E-state index is 0.475. The predicted molar refractivity (Wildman–Crippen MR) is 44.4 cm³/mol. The van der Waals surface area contributed by atoms with Crippen LogP contribution in [0.2, 0.25) is 10.0 Å². The normalized spacial score (nSPS) is 9.90. The minimum Gasteiger partial charge on any atom is -0.0824 e. The van der Waals surface area contributed by atoms with Gasteiger partial charge in [-0.25, -0.2) is 0 Å². The molecule has 1 rings (SSSR count). The molecular weight excluding hydrogens is 167 g/mol. The van der Waals surface area contributed by atoms with E-state index in [0.29, 0.717) is 16.5 Å². The minimum absolute atomic E-state index is 0.475. The van der Waals surface area contributed by atoms with E-state index < -0.39 is 0 Å². The highest BCUT2D eigenvalue weighted by Gasteiger charge is 2.00. The van der Waals surface area contributed by atoms with Crippen molar-refractivity contribution in [1.82, 2.24) is 0 Å². The molecule has 0 aromatic heterocycles. The second-order valence-electron chi connectivity index (χ2n) is 1.88. The summed E-state index contributed by atoms with van der Waals surface area (Å²) in [6, 6.07) is 6.39. The van der Waals surface area contributed by atoms with E-state index in [2.05, 4.69) is 13.0 Å². The van der Waals surface area contributed by atoms with Gasteiger partial charge in [-0.05, 0) is 18.9 Å². The molecule has 0 saturated carbocycles. The average molecular weight is 173 g/mol. The van der Waals surface area contributed by atoms with Gasteiger partial charge in [0.05, 0.1) is 10.0 Å². The number of hydrogen-bond donors (Lipinski definition) is 0. The van der Waals surface area contributed by atoms with Crippen LogP contribution in [0.1, 0.15) is 5.56 Å². The third-order valence-corrected chi connectivity index (χ3v) is 2.07. The zero-order valence-corrected chi connectivity index (χ0v) is 6.84. The van der Waals surface area contributed by atoms with Crippen LogP contribution in [0.15, 0.2) is 12.1 Å². The van der Waals surface area contributed by atoms with Crippen molar-refractivity contribution in [1.29, 1.82) is 0 Å². The van der Waals surface area contributed by atoms with Crippen molar-refractivity contribution in [3.8, 4) is 0 Å². The lowest BCUT2D eigenvalue weighted by Gasteiger charge is -1.99. The molecule has 0 fully saturated rings. The topological polar surface area (TPSA) is 0 Å². The van der Waals surface area contributed by atoms with Crippen molar-refractivity contribution >= 4 is 23.2 Å².